The third-order valence-electron chi connectivity index (χ3n) is 6.36. The monoisotopic (exact) mass is 607 g/mol. The number of unbranched alkanes of at least 4 members (excludes halogenated alkanes) is 14. The average molecular weight is 608 g/mol. The molecule has 0 radical (unpaired) electrons. The third kappa shape index (κ3) is 26.8. The van der Waals surface area contributed by atoms with Gasteiger partial charge in [-0.05, 0) is 32.1 Å². The summed E-state index contributed by atoms with van der Waals surface area (Å²) in [6, 6.07) is -1.54. The number of hydrogen-bond acceptors (Lipinski definition) is 8. The highest BCUT2D eigenvalue weighted by atomic mass is 31.2. The fourth-order valence-electron chi connectivity index (χ4n) is 3.98. The van der Waals surface area contributed by atoms with E-state index in [2.05, 4.69) is 38.2 Å². The van der Waals surface area contributed by atoms with E-state index >= 15 is 0 Å². The van der Waals surface area contributed by atoms with Gasteiger partial charge >= 0.3 is 19.8 Å². The van der Waals surface area contributed by atoms with Crippen LogP contribution in [-0.2, 0) is 32.7 Å². The first-order valence-corrected chi connectivity index (χ1v) is 16.7. The Bertz CT molecular complexity index is 777. The zero-order chi connectivity index (χ0) is 30.8. The first-order chi connectivity index (χ1) is 19.6. The molecular weight excluding hydrogens is 553 g/mol. The third-order valence-corrected chi connectivity index (χ3v) is 7.31. The van der Waals surface area contributed by atoms with Crippen LogP contribution in [0.2, 0.25) is 0 Å². The fraction of sp³-hybridized carbons (Fsp3) is 0.828. The molecule has 0 aromatic heterocycles. The molecule has 12 heteroatoms. The minimum Gasteiger partial charge on any atom is -0.480 e. The number of ether oxygens (including phenoxy) is 1. The maximum Gasteiger partial charge on any atom is 0.472 e. The molecule has 240 valence electrons. The van der Waals surface area contributed by atoms with Crippen LogP contribution in [0, 0.1) is 0 Å². The number of carboxylic acid groups (broad SMARTS) is 1. The summed E-state index contributed by atoms with van der Waals surface area (Å²) >= 11 is 0. The topological polar surface area (TPSA) is 169 Å². The van der Waals surface area contributed by atoms with Crippen LogP contribution < -0.4 is 5.32 Å². The van der Waals surface area contributed by atoms with Gasteiger partial charge in [-0.3, -0.25) is 18.6 Å². The van der Waals surface area contributed by atoms with Crippen molar-refractivity contribution in [3.05, 3.63) is 12.2 Å². The largest absolute Gasteiger partial charge is 0.480 e. The van der Waals surface area contributed by atoms with Gasteiger partial charge in [0.1, 0.15) is 12.7 Å². The van der Waals surface area contributed by atoms with E-state index in [4.69, 9.17) is 0 Å². The molecule has 41 heavy (non-hydrogen) atoms. The number of amides is 1. The van der Waals surface area contributed by atoms with E-state index in [9.17, 15) is 34.1 Å². The van der Waals surface area contributed by atoms with Gasteiger partial charge in [-0.15, -0.1) is 0 Å². The van der Waals surface area contributed by atoms with E-state index < -0.39 is 57.6 Å². The van der Waals surface area contributed by atoms with E-state index in [1.807, 2.05) is 0 Å². The lowest BCUT2D eigenvalue weighted by Gasteiger charge is -2.18. The summed E-state index contributed by atoms with van der Waals surface area (Å²) in [4.78, 5) is 43.9. The van der Waals surface area contributed by atoms with Gasteiger partial charge < -0.3 is 25.2 Å². The maximum atomic E-state index is 12.1. The lowest BCUT2D eigenvalue weighted by molar-refractivity contribution is -0.144. The van der Waals surface area contributed by atoms with Gasteiger partial charge in [-0.25, -0.2) is 9.36 Å². The Hall–Kier alpha value is -1.78. The number of carbonyl (C=O) groups excluding carboxylic acids is 2. The number of aliphatic hydroxyl groups excluding tert-OH is 1. The Labute approximate surface area is 246 Å². The minimum absolute atomic E-state index is 0.142. The maximum absolute atomic E-state index is 12.1. The zero-order valence-electron chi connectivity index (χ0n) is 25.1. The van der Waals surface area contributed by atoms with Gasteiger partial charge in [-0.1, -0.05) is 89.7 Å². The molecule has 3 unspecified atom stereocenters. The highest BCUT2D eigenvalue weighted by Crippen LogP contribution is 2.43. The molecule has 0 rings (SSSR count). The molecule has 1 amide bonds. The van der Waals surface area contributed by atoms with E-state index in [0.29, 0.717) is 6.42 Å². The zero-order valence-corrected chi connectivity index (χ0v) is 26.0. The Balaban J connectivity index is 3.85. The molecule has 4 N–H and O–H groups in total. The number of nitrogens with one attached hydrogen (secondary N) is 1. The van der Waals surface area contributed by atoms with E-state index in [-0.39, 0.29) is 6.42 Å². The Morgan fingerprint density at radius 3 is 1.78 bits per heavy atom. The van der Waals surface area contributed by atoms with Crippen LogP contribution in [0.25, 0.3) is 0 Å². The molecule has 0 spiro atoms. The molecule has 0 saturated carbocycles. The number of aliphatic carboxylic acids is 1. The number of allylic oxidation sites excluding steroid dienone is 2. The van der Waals surface area contributed by atoms with Crippen molar-refractivity contribution < 1.29 is 47.8 Å². The summed E-state index contributed by atoms with van der Waals surface area (Å²) in [5.41, 5.74) is 0. The van der Waals surface area contributed by atoms with Crippen LogP contribution in [0.4, 0.5) is 0 Å². The Kier molecular flexibility index (Phi) is 24.8. The summed E-state index contributed by atoms with van der Waals surface area (Å²) in [7, 11) is -4.71. The normalized spacial score (nSPS) is 14.4. The highest BCUT2D eigenvalue weighted by molar-refractivity contribution is 7.47. The van der Waals surface area contributed by atoms with Gasteiger partial charge in [0.05, 0.1) is 13.2 Å². The van der Waals surface area contributed by atoms with Crippen molar-refractivity contribution in [3.8, 4) is 0 Å². The summed E-state index contributed by atoms with van der Waals surface area (Å²) in [6.45, 7) is 1.45. The molecule has 0 aliphatic rings. The Morgan fingerprint density at radius 2 is 1.27 bits per heavy atom. The van der Waals surface area contributed by atoms with Crippen molar-refractivity contribution in [2.24, 2.45) is 0 Å². The summed E-state index contributed by atoms with van der Waals surface area (Å²) < 4.78 is 25.6. The number of phosphoric ester groups is 1. The standard InChI is InChI=1S/C29H54NO10P/c1-3-4-5-6-7-8-9-10-11-12-13-14-15-16-17-18-19-20-21-28(33)30-27(29(34)35)24-40-41(36,37)39-23-26(32)22-38-25(2)31/h11-12,26-27,32H,3-10,13-24H2,1-2H3,(H,30,33)(H,34,35)(H,36,37)/b12-11-. The van der Waals surface area contributed by atoms with Gasteiger partial charge in [-0.2, -0.15) is 0 Å². The predicted octanol–water partition coefficient (Wildman–Crippen LogP) is 5.82. The highest BCUT2D eigenvalue weighted by Gasteiger charge is 2.28. The second-order valence-corrected chi connectivity index (χ2v) is 11.8. The smallest absolute Gasteiger partial charge is 0.472 e. The number of aliphatic hydroxyl groups is 1. The SMILES string of the molecule is CCCCCCCCC/C=C\CCCCCCCCCC(=O)NC(COP(=O)(O)OCC(O)COC(C)=O)C(=O)O. The van der Waals surface area contributed by atoms with Gasteiger partial charge in [0, 0.05) is 13.3 Å². The van der Waals surface area contributed by atoms with Gasteiger partial charge in [0.2, 0.25) is 5.91 Å². The van der Waals surface area contributed by atoms with Gasteiger partial charge in [0.15, 0.2) is 6.04 Å². The Morgan fingerprint density at radius 1 is 0.780 bits per heavy atom. The number of carboxylic acids is 1. The summed E-state index contributed by atoms with van der Waals surface area (Å²) in [6.07, 6.45) is 22.2. The molecule has 0 fully saturated rings. The van der Waals surface area contributed by atoms with Crippen LogP contribution in [0.15, 0.2) is 12.2 Å². The second-order valence-electron chi connectivity index (χ2n) is 10.4. The van der Waals surface area contributed by atoms with Crippen molar-refractivity contribution in [2.45, 2.75) is 135 Å². The van der Waals surface area contributed by atoms with E-state index in [0.717, 1.165) is 39.0 Å². The number of carbonyl (C=O) groups is 3. The second kappa shape index (κ2) is 25.9. The minimum atomic E-state index is -4.71. The fourth-order valence-corrected chi connectivity index (χ4v) is 4.75. The van der Waals surface area contributed by atoms with Crippen molar-refractivity contribution >= 4 is 25.7 Å². The van der Waals surface area contributed by atoms with Crippen molar-refractivity contribution in [2.75, 3.05) is 19.8 Å². The molecule has 0 heterocycles. The molecule has 0 bridgehead atoms. The predicted molar refractivity (Wildman–Crippen MR) is 157 cm³/mol. The van der Waals surface area contributed by atoms with Crippen LogP contribution in [0.3, 0.4) is 0 Å². The number of hydrogen-bond donors (Lipinski definition) is 4. The molecule has 0 aliphatic heterocycles. The van der Waals surface area contributed by atoms with Gasteiger partial charge in [0.25, 0.3) is 0 Å². The lowest BCUT2D eigenvalue weighted by atomic mass is 10.1. The molecule has 11 nitrogen and oxygen atoms in total. The molecule has 0 aromatic carbocycles. The van der Waals surface area contributed by atoms with Crippen LogP contribution in [0.5, 0.6) is 0 Å². The van der Waals surface area contributed by atoms with Crippen LogP contribution in [-0.4, -0.2) is 64.9 Å². The molecule has 0 aromatic rings. The molecule has 0 aliphatic carbocycles. The van der Waals surface area contributed by atoms with Crippen molar-refractivity contribution in [1.29, 1.82) is 0 Å². The van der Waals surface area contributed by atoms with E-state index in [1.54, 1.807) is 0 Å². The van der Waals surface area contributed by atoms with Crippen LogP contribution >= 0.6 is 7.82 Å². The molecule has 3 atom stereocenters. The average Bonchev–Trinajstić information content (AvgIpc) is 2.92. The molecular formula is C29H54NO10P. The first kappa shape index (κ1) is 39.2. The van der Waals surface area contributed by atoms with Crippen molar-refractivity contribution in [1.82, 2.24) is 5.32 Å². The quantitative estimate of drug-likeness (QED) is 0.0368. The van der Waals surface area contributed by atoms with Crippen LogP contribution in [0.1, 0.15) is 123 Å². The first-order valence-electron chi connectivity index (χ1n) is 15.2. The number of rotatable bonds is 28. The summed E-state index contributed by atoms with van der Waals surface area (Å²) in [5.74, 6) is -2.56. The van der Waals surface area contributed by atoms with Crippen molar-refractivity contribution in [3.63, 3.8) is 0 Å². The summed E-state index contributed by atoms with van der Waals surface area (Å²) in [5, 5.41) is 21.1. The van der Waals surface area contributed by atoms with E-state index in [1.165, 1.54) is 64.2 Å². The number of phosphoric acid groups is 1. The molecule has 0 saturated heterocycles. The number of esters is 1. The lowest BCUT2D eigenvalue weighted by Crippen LogP contribution is -2.43.